The summed E-state index contributed by atoms with van der Waals surface area (Å²) in [5.74, 6) is 0. The fraction of sp³-hybridized carbons (Fsp3) is 1.00. The smallest absolute Gasteiger partial charge is 0.316 e. The Hall–Kier alpha value is -0.330. The van der Waals surface area contributed by atoms with Crippen molar-refractivity contribution >= 4 is 0 Å². The van der Waals surface area contributed by atoms with Gasteiger partial charge in [0.1, 0.15) is 0 Å². The van der Waals surface area contributed by atoms with Crippen molar-refractivity contribution in [3.8, 4) is 0 Å². The molecule has 3 nitrogen and oxygen atoms in total. The number of alkyl halides is 3. The Labute approximate surface area is 101 Å². The van der Waals surface area contributed by atoms with E-state index in [4.69, 9.17) is 0 Å². The fourth-order valence-electron chi connectivity index (χ4n) is 2.14. The Kier molecular flexibility index (Phi) is 5.22. The molecule has 1 N–H and O–H groups in total. The number of nitrogens with one attached hydrogen (secondary N) is 1. The van der Waals surface area contributed by atoms with E-state index in [0.29, 0.717) is 38.3 Å². The minimum Gasteiger partial charge on any atom is -0.316 e. The molecule has 0 aromatic heterocycles. The molecule has 1 fully saturated rings. The van der Waals surface area contributed by atoms with Crippen molar-refractivity contribution < 1.29 is 13.2 Å². The summed E-state index contributed by atoms with van der Waals surface area (Å²) in [5.41, 5.74) is 0. The van der Waals surface area contributed by atoms with E-state index in [-0.39, 0.29) is 0 Å². The Morgan fingerprint density at radius 2 is 1.65 bits per heavy atom. The molecule has 1 rings (SSSR count). The summed E-state index contributed by atoms with van der Waals surface area (Å²) in [4.78, 5) is 3.72. The number of likely N-dealkylation sites (N-methyl/N-ethyl adjacent to an activating group) is 1. The van der Waals surface area contributed by atoms with Crippen LogP contribution in [0.3, 0.4) is 0 Å². The summed E-state index contributed by atoms with van der Waals surface area (Å²) < 4.78 is 36.6. The zero-order valence-corrected chi connectivity index (χ0v) is 10.7. The van der Waals surface area contributed by atoms with E-state index in [0.717, 1.165) is 0 Å². The first-order chi connectivity index (χ1) is 7.83. The molecule has 0 aromatic carbocycles. The highest BCUT2D eigenvalue weighted by Gasteiger charge is 2.33. The molecular weight excluding hydrogens is 231 g/mol. The van der Waals surface area contributed by atoms with Crippen molar-refractivity contribution in [1.29, 1.82) is 0 Å². The van der Waals surface area contributed by atoms with Crippen LogP contribution in [-0.4, -0.2) is 67.8 Å². The van der Waals surface area contributed by atoms with Gasteiger partial charge in [0.05, 0.1) is 6.54 Å². The van der Waals surface area contributed by atoms with Crippen LogP contribution in [0.25, 0.3) is 0 Å². The Bertz CT molecular complexity index is 224. The molecular formula is C11H22F3N3. The standard InChI is InChI=1S/C11H22F3N3/c1-9(15-3)10(2)17-6-4-16(5-7-17)8-11(12,13)14/h9-10,15H,4-8H2,1-3H3. The maximum Gasteiger partial charge on any atom is 0.401 e. The Balaban J connectivity index is 2.35. The van der Waals surface area contributed by atoms with Gasteiger partial charge in [-0.15, -0.1) is 0 Å². The average molecular weight is 253 g/mol. The minimum absolute atomic E-state index is 0.351. The predicted molar refractivity (Wildman–Crippen MR) is 62.1 cm³/mol. The normalized spacial score (nSPS) is 23.6. The summed E-state index contributed by atoms with van der Waals surface area (Å²) in [6, 6.07) is 0.706. The third-order valence-electron chi connectivity index (χ3n) is 3.56. The second-order valence-electron chi connectivity index (χ2n) is 4.75. The molecule has 2 unspecified atom stereocenters. The maximum absolute atomic E-state index is 12.2. The first-order valence-electron chi connectivity index (χ1n) is 6.04. The average Bonchev–Trinajstić information content (AvgIpc) is 2.26. The van der Waals surface area contributed by atoms with Gasteiger partial charge < -0.3 is 5.32 Å². The molecule has 0 aliphatic carbocycles. The molecule has 1 aliphatic rings. The van der Waals surface area contributed by atoms with E-state index in [1.54, 1.807) is 0 Å². The summed E-state index contributed by atoms with van der Waals surface area (Å²) in [6.45, 7) is 5.84. The molecule has 1 saturated heterocycles. The van der Waals surface area contributed by atoms with Crippen LogP contribution in [0.1, 0.15) is 13.8 Å². The summed E-state index contributed by atoms with van der Waals surface area (Å²) >= 11 is 0. The number of rotatable bonds is 4. The van der Waals surface area contributed by atoms with E-state index in [1.165, 1.54) is 4.90 Å². The van der Waals surface area contributed by atoms with E-state index in [9.17, 15) is 13.2 Å². The van der Waals surface area contributed by atoms with Crippen molar-refractivity contribution in [1.82, 2.24) is 15.1 Å². The molecule has 1 heterocycles. The van der Waals surface area contributed by atoms with Crippen molar-refractivity contribution in [2.45, 2.75) is 32.1 Å². The Morgan fingerprint density at radius 3 is 2.06 bits per heavy atom. The highest BCUT2D eigenvalue weighted by Crippen LogP contribution is 2.18. The fourth-order valence-corrected chi connectivity index (χ4v) is 2.14. The molecule has 102 valence electrons. The van der Waals surface area contributed by atoms with Crippen LogP contribution in [0.2, 0.25) is 0 Å². The van der Waals surface area contributed by atoms with Gasteiger partial charge in [-0.1, -0.05) is 0 Å². The van der Waals surface area contributed by atoms with Crippen LogP contribution >= 0.6 is 0 Å². The van der Waals surface area contributed by atoms with Crippen LogP contribution in [0.15, 0.2) is 0 Å². The maximum atomic E-state index is 12.2. The lowest BCUT2D eigenvalue weighted by Gasteiger charge is -2.40. The van der Waals surface area contributed by atoms with Gasteiger partial charge in [0.2, 0.25) is 0 Å². The van der Waals surface area contributed by atoms with Gasteiger partial charge in [-0.25, -0.2) is 0 Å². The van der Waals surface area contributed by atoms with Gasteiger partial charge >= 0.3 is 6.18 Å². The molecule has 2 atom stereocenters. The van der Waals surface area contributed by atoms with Crippen LogP contribution in [-0.2, 0) is 0 Å². The number of nitrogens with zero attached hydrogens (tertiary/aromatic N) is 2. The molecule has 0 spiro atoms. The van der Waals surface area contributed by atoms with Crippen LogP contribution < -0.4 is 5.32 Å². The second-order valence-corrected chi connectivity index (χ2v) is 4.75. The number of hydrogen-bond acceptors (Lipinski definition) is 3. The SMILES string of the molecule is CNC(C)C(C)N1CCN(CC(F)(F)F)CC1. The predicted octanol–water partition coefficient (Wildman–Crippen LogP) is 1.16. The van der Waals surface area contributed by atoms with Crippen LogP contribution in [0, 0.1) is 0 Å². The van der Waals surface area contributed by atoms with Crippen molar-refractivity contribution in [2.75, 3.05) is 39.8 Å². The molecule has 0 bridgehead atoms. The highest BCUT2D eigenvalue weighted by molar-refractivity contribution is 4.82. The van der Waals surface area contributed by atoms with E-state index in [2.05, 4.69) is 24.1 Å². The van der Waals surface area contributed by atoms with Crippen molar-refractivity contribution in [3.05, 3.63) is 0 Å². The molecule has 0 aromatic rings. The summed E-state index contributed by atoms with van der Waals surface area (Å²) in [5, 5.41) is 3.18. The van der Waals surface area contributed by atoms with Crippen LogP contribution in [0.5, 0.6) is 0 Å². The minimum atomic E-state index is -4.08. The number of hydrogen-bond donors (Lipinski definition) is 1. The zero-order chi connectivity index (χ0) is 13.1. The molecule has 0 amide bonds. The summed E-state index contributed by atoms with van der Waals surface area (Å²) in [6.07, 6.45) is -4.08. The van der Waals surface area contributed by atoms with Gasteiger partial charge in [-0.2, -0.15) is 13.2 Å². The lowest BCUT2D eigenvalue weighted by atomic mass is 10.1. The molecule has 17 heavy (non-hydrogen) atoms. The Morgan fingerprint density at radius 1 is 1.12 bits per heavy atom. The lowest BCUT2D eigenvalue weighted by Crippen LogP contribution is -2.55. The van der Waals surface area contributed by atoms with Crippen molar-refractivity contribution in [2.24, 2.45) is 0 Å². The molecule has 1 aliphatic heterocycles. The highest BCUT2D eigenvalue weighted by atomic mass is 19.4. The lowest BCUT2D eigenvalue weighted by molar-refractivity contribution is -0.149. The molecule has 0 radical (unpaired) electrons. The van der Waals surface area contributed by atoms with E-state index in [1.807, 2.05) is 7.05 Å². The van der Waals surface area contributed by atoms with Gasteiger partial charge in [0, 0.05) is 38.3 Å². The van der Waals surface area contributed by atoms with Crippen molar-refractivity contribution in [3.63, 3.8) is 0 Å². The third kappa shape index (κ3) is 4.81. The van der Waals surface area contributed by atoms with Gasteiger partial charge in [-0.3, -0.25) is 9.80 Å². The number of piperazine rings is 1. The van der Waals surface area contributed by atoms with Gasteiger partial charge in [0.15, 0.2) is 0 Å². The largest absolute Gasteiger partial charge is 0.401 e. The second kappa shape index (κ2) is 6.02. The molecule has 6 heteroatoms. The van der Waals surface area contributed by atoms with Gasteiger partial charge in [0.25, 0.3) is 0 Å². The monoisotopic (exact) mass is 253 g/mol. The molecule has 0 saturated carbocycles. The van der Waals surface area contributed by atoms with E-state index >= 15 is 0 Å². The first-order valence-corrected chi connectivity index (χ1v) is 6.04. The topological polar surface area (TPSA) is 18.5 Å². The van der Waals surface area contributed by atoms with Gasteiger partial charge in [-0.05, 0) is 20.9 Å². The zero-order valence-electron chi connectivity index (χ0n) is 10.7. The summed E-state index contributed by atoms with van der Waals surface area (Å²) in [7, 11) is 1.90. The number of halogens is 3. The van der Waals surface area contributed by atoms with Crippen LogP contribution in [0.4, 0.5) is 13.2 Å². The quantitative estimate of drug-likeness (QED) is 0.811. The third-order valence-corrected chi connectivity index (χ3v) is 3.56. The first kappa shape index (κ1) is 14.7. The van der Waals surface area contributed by atoms with E-state index < -0.39 is 12.7 Å².